The monoisotopic (exact) mass is 469 g/mol. The van der Waals surface area contributed by atoms with Crippen LogP contribution < -0.4 is 4.90 Å². The highest BCUT2D eigenvalue weighted by molar-refractivity contribution is 7.99. The van der Waals surface area contributed by atoms with Gasteiger partial charge in [0, 0.05) is 26.0 Å². The number of thioether (sulfide) groups is 1. The van der Waals surface area contributed by atoms with Crippen LogP contribution in [0.4, 0.5) is 5.69 Å². The molecule has 1 aliphatic heterocycles. The van der Waals surface area contributed by atoms with Crippen LogP contribution >= 0.6 is 11.8 Å². The molecule has 0 N–H and O–H groups in total. The summed E-state index contributed by atoms with van der Waals surface area (Å²) in [6.45, 7) is 0. The van der Waals surface area contributed by atoms with E-state index in [9.17, 15) is 21.6 Å². The van der Waals surface area contributed by atoms with Crippen molar-refractivity contribution in [3.63, 3.8) is 0 Å². The molecule has 2 aromatic rings. The molecule has 1 aliphatic rings. The molecule has 1 atom stereocenters. The van der Waals surface area contributed by atoms with E-state index in [0.29, 0.717) is 17.1 Å². The molecule has 1 fully saturated rings. The maximum Gasteiger partial charge on any atom is 0.244 e. The van der Waals surface area contributed by atoms with Gasteiger partial charge in [-0.2, -0.15) is 0 Å². The first kappa shape index (κ1) is 22.7. The van der Waals surface area contributed by atoms with E-state index in [0.717, 1.165) is 4.31 Å². The second-order valence-corrected chi connectivity index (χ2v) is 12.4. The number of hydrogen-bond acceptors (Lipinski definition) is 7. The SMILES string of the molecule is CN(C)S(=O)(=O)c1ccc(SCC(=O)N(c2ccccc2)C2CCS(=O)(=O)C2)nc1. The lowest BCUT2D eigenvalue weighted by molar-refractivity contribution is -0.116. The molecule has 0 aliphatic carbocycles. The molecule has 0 spiro atoms. The maximum absolute atomic E-state index is 13.0. The molecule has 2 heterocycles. The predicted octanol–water partition coefficient (Wildman–Crippen LogP) is 1.64. The van der Waals surface area contributed by atoms with Crippen LogP contribution in [0, 0.1) is 0 Å². The Bertz CT molecular complexity index is 1100. The van der Waals surface area contributed by atoms with Gasteiger partial charge in [0.1, 0.15) is 4.90 Å². The standard InChI is InChI=1S/C19H23N3O5S3/c1-21(2)30(26,27)17-8-9-18(20-12-17)28-13-19(23)22(15-6-4-3-5-7-15)16-10-11-29(24,25)14-16/h3-9,12,16H,10-11,13-14H2,1-2H3. The Morgan fingerprint density at radius 1 is 1.17 bits per heavy atom. The highest BCUT2D eigenvalue weighted by Crippen LogP contribution is 2.26. The fourth-order valence-corrected chi connectivity index (χ4v) is 6.40. The molecule has 1 unspecified atom stereocenters. The van der Waals surface area contributed by atoms with Gasteiger partial charge in [0.2, 0.25) is 15.9 Å². The Labute approximate surface area is 181 Å². The van der Waals surface area contributed by atoms with Gasteiger partial charge in [-0.3, -0.25) is 4.79 Å². The molecule has 1 aromatic heterocycles. The molecule has 1 saturated heterocycles. The number of aromatic nitrogens is 1. The lowest BCUT2D eigenvalue weighted by Crippen LogP contribution is -2.42. The topological polar surface area (TPSA) is 105 Å². The van der Waals surface area contributed by atoms with Gasteiger partial charge in [-0.05, 0) is 30.7 Å². The normalized spacial score (nSPS) is 18.4. The average Bonchev–Trinajstić information content (AvgIpc) is 3.06. The molecular formula is C19H23N3O5S3. The van der Waals surface area contributed by atoms with E-state index in [1.54, 1.807) is 35.2 Å². The van der Waals surface area contributed by atoms with Crippen molar-refractivity contribution in [1.29, 1.82) is 0 Å². The maximum atomic E-state index is 13.0. The van der Waals surface area contributed by atoms with Gasteiger partial charge in [-0.15, -0.1) is 0 Å². The highest BCUT2D eigenvalue weighted by Gasteiger charge is 2.35. The smallest absolute Gasteiger partial charge is 0.244 e. The summed E-state index contributed by atoms with van der Waals surface area (Å²) in [6, 6.07) is 11.6. The first-order valence-corrected chi connectivity index (χ1v) is 13.4. The zero-order valence-corrected chi connectivity index (χ0v) is 19.1. The van der Waals surface area contributed by atoms with Gasteiger partial charge < -0.3 is 4.90 Å². The summed E-state index contributed by atoms with van der Waals surface area (Å²) in [6.07, 6.45) is 1.67. The van der Waals surface area contributed by atoms with Gasteiger partial charge in [-0.25, -0.2) is 26.1 Å². The van der Waals surface area contributed by atoms with Crippen LogP contribution in [0.5, 0.6) is 0 Å². The number of benzene rings is 1. The summed E-state index contributed by atoms with van der Waals surface area (Å²) in [5.41, 5.74) is 0.658. The summed E-state index contributed by atoms with van der Waals surface area (Å²) in [5.74, 6) is -0.142. The van der Waals surface area contributed by atoms with Gasteiger partial charge in [-0.1, -0.05) is 30.0 Å². The van der Waals surface area contributed by atoms with E-state index in [2.05, 4.69) is 4.98 Å². The van der Waals surface area contributed by atoms with Crippen molar-refractivity contribution in [3.8, 4) is 0 Å². The van der Waals surface area contributed by atoms with E-state index >= 15 is 0 Å². The van der Waals surface area contributed by atoms with Gasteiger partial charge in [0.25, 0.3) is 0 Å². The molecule has 0 bridgehead atoms. The van der Waals surface area contributed by atoms with Crippen LogP contribution in [0.2, 0.25) is 0 Å². The first-order valence-electron chi connectivity index (χ1n) is 9.19. The molecule has 0 radical (unpaired) electrons. The molecule has 3 rings (SSSR count). The number of carbonyl (C=O) groups excluding carboxylic acids is 1. The van der Waals surface area contributed by atoms with Crippen molar-refractivity contribution >= 4 is 43.2 Å². The molecule has 11 heteroatoms. The van der Waals surface area contributed by atoms with Crippen LogP contribution in [0.1, 0.15) is 6.42 Å². The van der Waals surface area contributed by atoms with Gasteiger partial charge in [0.15, 0.2) is 9.84 Å². The third kappa shape index (κ3) is 5.20. The molecule has 162 valence electrons. The van der Waals surface area contributed by atoms with Crippen molar-refractivity contribution in [3.05, 3.63) is 48.7 Å². The summed E-state index contributed by atoms with van der Waals surface area (Å²) in [7, 11) is -3.83. The van der Waals surface area contributed by atoms with Crippen molar-refractivity contribution in [1.82, 2.24) is 9.29 Å². The van der Waals surface area contributed by atoms with Crippen molar-refractivity contribution in [2.45, 2.75) is 22.4 Å². The summed E-state index contributed by atoms with van der Waals surface area (Å²) >= 11 is 1.18. The van der Waals surface area contributed by atoms with E-state index < -0.39 is 25.9 Å². The molecule has 1 amide bonds. The minimum Gasteiger partial charge on any atom is -0.308 e. The number of para-hydroxylation sites is 1. The average molecular weight is 470 g/mol. The van der Waals surface area contributed by atoms with E-state index in [-0.39, 0.29) is 28.1 Å². The van der Waals surface area contributed by atoms with Crippen molar-refractivity contribution < 1.29 is 21.6 Å². The number of carbonyl (C=O) groups is 1. The fourth-order valence-electron chi connectivity index (χ4n) is 3.15. The number of rotatable bonds is 7. The lowest BCUT2D eigenvalue weighted by atomic mass is 10.2. The lowest BCUT2D eigenvalue weighted by Gasteiger charge is -2.28. The Kier molecular flexibility index (Phi) is 6.85. The number of pyridine rings is 1. The minimum absolute atomic E-state index is 0.0480. The number of nitrogens with zero attached hydrogens (tertiary/aromatic N) is 3. The van der Waals surface area contributed by atoms with Crippen LogP contribution in [0.15, 0.2) is 58.6 Å². The molecule has 30 heavy (non-hydrogen) atoms. The predicted molar refractivity (Wildman–Crippen MR) is 117 cm³/mol. The molecule has 8 nitrogen and oxygen atoms in total. The number of amides is 1. The Morgan fingerprint density at radius 2 is 1.87 bits per heavy atom. The van der Waals surface area contributed by atoms with Crippen molar-refractivity contribution in [2.75, 3.05) is 36.3 Å². The van der Waals surface area contributed by atoms with Crippen LogP contribution in [-0.2, 0) is 24.7 Å². The van der Waals surface area contributed by atoms with Gasteiger partial charge in [0.05, 0.1) is 28.3 Å². The quantitative estimate of drug-likeness (QED) is 0.568. The first-order chi connectivity index (χ1) is 14.1. The number of sulfone groups is 1. The fraction of sp³-hybridized carbons (Fsp3) is 0.368. The summed E-state index contributed by atoms with van der Waals surface area (Å²) in [4.78, 5) is 18.8. The van der Waals surface area contributed by atoms with Crippen LogP contribution in [-0.4, -0.2) is 69.4 Å². The zero-order valence-electron chi connectivity index (χ0n) is 16.6. The van der Waals surface area contributed by atoms with Crippen LogP contribution in [0.25, 0.3) is 0 Å². The molecular weight excluding hydrogens is 446 g/mol. The third-order valence-corrected chi connectivity index (χ3v) is 9.19. The molecule has 0 saturated carbocycles. The summed E-state index contributed by atoms with van der Waals surface area (Å²) in [5, 5.41) is 0.508. The number of anilines is 1. The number of hydrogen-bond donors (Lipinski definition) is 0. The van der Waals surface area contributed by atoms with E-state index in [4.69, 9.17) is 0 Å². The minimum atomic E-state index is -3.57. The Balaban J connectivity index is 1.74. The zero-order chi connectivity index (χ0) is 21.9. The van der Waals surface area contributed by atoms with Crippen molar-refractivity contribution in [2.24, 2.45) is 0 Å². The Hall–Kier alpha value is -1.95. The number of sulfonamides is 1. The second kappa shape index (κ2) is 9.04. The van der Waals surface area contributed by atoms with E-state index in [1.165, 1.54) is 38.1 Å². The van der Waals surface area contributed by atoms with Crippen LogP contribution in [0.3, 0.4) is 0 Å². The summed E-state index contributed by atoms with van der Waals surface area (Å²) < 4.78 is 49.2. The van der Waals surface area contributed by atoms with E-state index in [1.807, 2.05) is 6.07 Å². The second-order valence-electron chi connectivity index (χ2n) is 7.06. The Morgan fingerprint density at radius 3 is 2.40 bits per heavy atom. The highest BCUT2D eigenvalue weighted by atomic mass is 32.2. The van der Waals surface area contributed by atoms with Gasteiger partial charge >= 0.3 is 0 Å². The molecule has 1 aromatic carbocycles. The largest absolute Gasteiger partial charge is 0.308 e. The third-order valence-electron chi connectivity index (χ3n) is 4.71.